The highest BCUT2D eigenvalue weighted by Gasteiger charge is 2.25. The van der Waals surface area contributed by atoms with Gasteiger partial charge in [0, 0.05) is 45.8 Å². The number of aliphatic hydroxyl groups is 2. The van der Waals surface area contributed by atoms with Crippen molar-refractivity contribution in [3.05, 3.63) is 0 Å². The molecule has 3 unspecified atom stereocenters. The molecule has 12 nitrogen and oxygen atoms in total. The Labute approximate surface area is 377 Å². The lowest BCUT2D eigenvalue weighted by Crippen LogP contribution is -2.18. The van der Waals surface area contributed by atoms with Crippen molar-refractivity contribution in [2.75, 3.05) is 107 Å². The number of carbonyl (C=O) groups is 2. The first kappa shape index (κ1) is 76.0. The van der Waals surface area contributed by atoms with Crippen LogP contribution < -0.4 is 10.6 Å². The van der Waals surface area contributed by atoms with E-state index in [1.807, 2.05) is 130 Å². The Kier molecular flexibility index (Phi) is 78.4. The molecular formula is C48H114N6O6. The van der Waals surface area contributed by atoms with Crippen LogP contribution in [0.5, 0.6) is 0 Å². The van der Waals surface area contributed by atoms with E-state index in [9.17, 15) is 9.59 Å². The first-order valence-electron chi connectivity index (χ1n) is 24.7. The summed E-state index contributed by atoms with van der Waals surface area (Å²) >= 11 is 0. The Morgan fingerprint density at radius 2 is 0.750 bits per heavy atom. The summed E-state index contributed by atoms with van der Waals surface area (Å²) in [5, 5.41) is 40.4. The standard InChI is InChI=1S/C6H11NO2.2C6H13N.C5H9NO2.C5H11NO.C4H9NO.8C2H6/c1-7-3-2-5(4-7)6(8)9;2*1-6-3-4-7(2)5-6;7-5(8)4-1-2-6-3-4;1-6-3-2-5(7)4-6;6-4-1-2-5-3-4;8*1-2/h5H,2-4H2,1H3,(H,8,9);2*6H,3-5H2,1-2H3;4,6H,1-3H2,(H,7,8);5,7H,2-4H2,1H3;4-6H,1-3H2;8*1-2H3/t;6-;;;5-;4-;;;;;;;;/m.1..11......../s1. The lowest BCUT2D eigenvalue weighted by Gasteiger charge is -2.04. The zero-order valence-electron chi connectivity index (χ0n) is 44.6. The number of carboxylic acid groups (broad SMARTS) is 2. The molecule has 12 heteroatoms. The highest BCUT2D eigenvalue weighted by molar-refractivity contribution is 5.70. The second-order valence-corrected chi connectivity index (χ2v) is 13.8. The summed E-state index contributed by atoms with van der Waals surface area (Å²) in [7, 11) is 8.34. The van der Waals surface area contributed by atoms with Gasteiger partial charge in [-0.2, -0.15) is 0 Å². The summed E-state index contributed by atoms with van der Waals surface area (Å²) in [5.74, 6) is 0.328. The maximum atomic E-state index is 10.3. The summed E-state index contributed by atoms with van der Waals surface area (Å²) in [6, 6.07) is 0. The monoisotopic (exact) mass is 871 g/mol. The lowest BCUT2D eigenvalue weighted by atomic mass is 10.1. The number of nitrogens with one attached hydrogen (secondary N) is 2. The van der Waals surface area contributed by atoms with Crippen molar-refractivity contribution in [2.24, 2.45) is 23.7 Å². The molecule has 0 aromatic rings. The predicted molar refractivity (Wildman–Crippen MR) is 267 cm³/mol. The van der Waals surface area contributed by atoms with Gasteiger partial charge in [-0.15, -0.1) is 0 Å². The SMILES string of the molecule is CC.CC.CC.CC.CC.CC.CC.CC.CC1CCN(C)C1.CN1CCC(C(=O)O)C1.CN1CC[C@@H](O)C1.C[C@@H]1CCN(C)C1.O=C(O)C1CCNC1.O[C@@H]1CCNC1. The topological polar surface area (TPSA) is 152 Å². The van der Waals surface area contributed by atoms with E-state index in [0.29, 0.717) is 6.54 Å². The Morgan fingerprint density at radius 3 is 0.867 bits per heavy atom. The van der Waals surface area contributed by atoms with E-state index < -0.39 is 11.9 Å². The van der Waals surface area contributed by atoms with Crippen LogP contribution in [0.25, 0.3) is 0 Å². The van der Waals surface area contributed by atoms with Gasteiger partial charge in [-0.3, -0.25) is 9.59 Å². The largest absolute Gasteiger partial charge is 0.481 e. The molecule has 372 valence electrons. The molecule has 0 amide bonds. The van der Waals surface area contributed by atoms with Crippen LogP contribution in [-0.2, 0) is 9.59 Å². The van der Waals surface area contributed by atoms with Crippen LogP contribution in [0.15, 0.2) is 0 Å². The third-order valence-corrected chi connectivity index (χ3v) is 8.80. The summed E-state index contributed by atoms with van der Waals surface area (Å²) in [6.45, 7) is 48.7. The fourth-order valence-corrected chi connectivity index (χ4v) is 5.86. The Morgan fingerprint density at radius 1 is 0.417 bits per heavy atom. The van der Waals surface area contributed by atoms with Gasteiger partial charge in [0.1, 0.15) is 0 Å². The van der Waals surface area contributed by atoms with Gasteiger partial charge in [0.15, 0.2) is 0 Å². The minimum atomic E-state index is -0.671. The zero-order valence-corrected chi connectivity index (χ0v) is 44.6. The van der Waals surface area contributed by atoms with Gasteiger partial charge in [-0.1, -0.05) is 125 Å². The van der Waals surface area contributed by atoms with Crippen molar-refractivity contribution in [3.63, 3.8) is 0 Å². The molecule has 60 heavy (non-hydrogen) atoms. The average Bonchev–Trinajstić information content (AvgIpc) is 4.17. The van der Waals surface area contributed by atoms with Crippen LogP contribution in [0.3, 0.4) is 0 Å². The van der Waals surface area contributed by atoms with Gasteiger partial charge in [-0.05, 0) is 111 Å². The van der Waals surface area contributed by atoms with Crippen molar-refractivity contribution in [1.82, 2.24) is 30.2 Å². The van der Waals surface area contributed by atoms with E-state index in [2.05, 4.69) is 53.3 Å². The predicted octanol–water partition coefficient (Wildman–Crippen LogP) is 8.85. The molecule has 0 aromatic carbocycles. The smallest absolute Gasteiger partial charge is 0.307 e. The van der Waals surface area contributed by atoms with E-state index >= 15 is 0 Å². The summed E-state index contributed by atoms with van der Waals surface area (Å²) in [4.78, 5) is 29.4. The normalized spacial score (nSPS) is 24.3. The maximum Gasteiger partial charge on any atom is 0.307 e. The molecule has 0 bridgehead atoms. The summed E-state index contributed by atoms with van der Waals surface area (Å²) < 4.78 is 0. The Balaban J connectivity index is -0.0000000846. The molecule has 6 rings (SSSR count). The lowest BCUT2D eigenvalue weighted by molar-refractivity contribution is -0.142. The van der Waals surface area contributed by atoms with Crippen LogP contribution in [0.2, 0.25) is 0 Å². The minimum absolute atomic E-state index is 0.0509. The molecule has 0 aromatic heterocycles. The number of aliphatic carboxylic acids is 2. The molecule has 6 N–H and O–H groups in total. The third-order valence-electron chi connectivity index (χ3n) is 8.80. The number of hydrogen-bond acceptors (Lipinski definition) is 10. The Hall–Kier alpha value is -1.38. The molecule has 6 atom stereocenters. The van der Waals surface area contributed by atoms with Crippen molar-refractivity contribution >= 4 is 11.9 Å². The zero-order chi connectivity index (χ0) is 49.1. The third kappa shape index (κ3) is 54.6. The molecule has 6 saturated heterocycles. The van der Waals surface area contributed by atoms with Gasteiger partial charge in [0.25, 0.3) is 0 Å². The van der Waals surface area contributed by atoms with Gasteiger partial charge in [-0.25, -0.2) is 0 Å². The Bertz CT molecular complexity index is 707. The van der Waals surface area contributed by atoms with E-state index in [1.54, 1.807) is 0 Å². The quantitative estimate of drug-likeness (QED) is 0.157. The molecule has 6 aliphatic heterocycles. The fourth-order valence-electron chi connectivity index (χ4n) is 5.86. The van der Waals surface area contributed by atoms with Crippen LogP contribution in [0.4, 0.5) is 0 Å². The van der Waals surface area contributed by atoms with Crippen molar-refractivity contribution in [3.8, 4) is 0 Å². The number of likely N-dealkylation sites (tertiary alicyclic amines) is 4. The van der Waals surface area contributed by atoms with Crippen molar-refractivity contribution in [2.45, 2.75) is 175 Å². The number of hydrogen-bond donors (Lipinski definition) is 6. The number of nitrogens with zero attached hydrogens (tertiary/aromatic N) is 4. The van der Waals surface area contributed by atoms with Gasteiger partial charge in [0.2, 0.25) is 0 Å². The molecule has 0 aliphatic carbocycles. The maximum absolute atomic E-state index is 10.3. The molecule has 6 aliphatic rings. The minimum Gasteiger partial charge on any atom is -0.481 e. The van der Waals surface area contributed by atoms with Gasteiger partial charge < -0.3 is 50.7 Å². The number of β-amino-alcohol motifs (C(OH)–C–C–N with tert-alkyl or cyclic N) is 2. The molecule has 0 saturated carbocycles. The first-order valence-corrected chi connectivity index (χ1v) is 24.7. The second-order valence-electron chi connectivity index (χ2n) is 13.8. The van der Waals surface area contributed by atoms with Crippen LogP contribution in [0, 0.1) is 23.7 Å². The van der Waals surface area contributed by atoms with Gasteiger partial charge >= 0.3 is 11.9 Å². The van der Waals surface area contributed by atoms with Crippen LogP contribution in [0.1, 0.15) is 163 Å². The number of carboxylic acids is 2. The van der Waals surface area contributed by atoms with E-state index in [-0.39, 0.29) is 24.0 Å². The molecule has 6 fully saturated rings. The van der Waals surface area contributed by atoms with E-state index in [4.69, 9.17) is 20.4 Å². The molecule has 0 radical (unpaired) electrons. The van der Waals surface area contributed by atoms with E-state index in [0.717, 1.165) is 83.3 Å². The highest BCUT2D eigenvalue weighted by atomic mass is 16.4. The average molecular weight is 871 g/mol. The number of rotatable bonds is 2. The van der Waals surface area contributed by atoms with Crippen LogP contribution in [-0.4, -0.2) is 171 Å². The molecule has 6 heterocycles. The summed E-state index contributed by atoms with van der Waals surface area (Å²) in [5.41, 5.74) is 0. The number of aliphatic hydroxyl groups excluding tert-OH is 2. The highest BCUT2D eigenvalue weighted by Crippen LogP contribution is 2.14. The van der Waals surface area contributed by atoms with Crippen LogP contribution >= 0.6 is 0 Å². The van der Waals surface area contributed by atoms with E-state index in [1.165, 1.54) is 39.0 Å². The van der Waals surface area contributed by atoms with Crippen molar-refractivity contribution < 1.29 is 30.0 Å². The second kappa shape index (κ2) is 61.9. The summed E-state index contributed by atoms with van der Waals surface area (Å²) in [6.07, 6.45) is 6.17. The number of likely N-dealkylation sites (N-methyl/N-ethyl adjacent to an activating group) is 1. The first-order chi connectivity index (χ1) is 28.8. The van der Waals surface area contributed by atoms with Crippen molar-refractivity contribution in [1.29, 1.82) is 0 Å². The van der Waals surface area contributed by atoms with Gasteiger partial charge in [0.05, 0.1) is 24.0 Å². The molecule has 0 spiro atoms. The fraction of sp³-hybridized carbons (Fsp3) is 0.958. The molecular weight excluding hydrogens is 757 g/mol.